The van der Waals surface area contributed by atoms with Crippen LogP contribution in [0.3, 0.4) is 0 Å². The first-order chi connectivity index (χ1) is 7.07. The van der Waals surface area contributed by atoms with Crippen molar-refractivity contribution in [1.82, 2.24) is 0 Å². The predicted molar refractivity (Wildman–Crippen MR) is 70.6 cm³/mol. The van der Waals surface area contributed by atoms with Gasteiger partial charge in [-0.25, -0.2) is 0 Å². The van der Waals surface area contributed by atoms with Crippen molar-refractivity contribution in [3.8, 4) is 0 Å². The van der Waals surface area contributed by atoms with E-state index in [0.29, 0.717) is 0 Å². The van der Waals surface area contributed by atoms with Crippen molar-refractivity contribution in [3.05, 3.63) is 29.8 Å². The Morgan fingerprint density at radius 2 is 1.47 bits per heavy atom. The lowest BCUT2D eigenvalue weighted by Gasteiger charge is -2.18. The van der Waals surface area contributed by atoms with Gasteiger partial charge in [0.25, 0.3) is 0 Å². The van der Waals surface area contributed by atoms with Crippen molar-refractivity contribution in [3.63, 3.8) is 0 Å². The Bertz CT molecular complexity index is 312. The largest absolute Gasteiger partial charge is 0.0775 e. The summed E-state index contributed by atoms with van der Waals surface area (Å²) in [6.45, 7) is 7.24. The van der Waals surface area contributed by atoms with E-state index in [1.165, 1.54) is 25.7 Å². The van der Waals surface area contributed by atoms with E-state index in [1.54, 1.807) is 10.8 Å². The van der Waals surface area contributed by atoms with Crippen LogP contribution in [0.1, 0.15) is 37.2 Å². The van der Waals surface area contributed by atoms with Gasteiger partial charge in [-0.3, -0.25) is 0 Å². The Morgan fingerprint density at radius 1 is 0.933 bits per heavy atom. The number of rotatable bonds is 2. The molecule has 1 aromatic carbocycles. The minimum absolute atomic E-state index is 0.862. The smallest absolute Gasteiger partial charge is 0.0656 e. The summed E-state index contributed by atoms with van der Waals surface area (Å²) < 4.78 is 0. The molecule has 0 heterocycles. The molecule has 1 aromatic rings. The zero-order valence-electron chi connectivity index (χ0n) is 10.2. The average Bonchev–Trinajstić information content (AvgIpc) is 2.69. The molecule has 2 rings (SSSR count). The molecule has 0 bridgehead atoms. The molecule has 1 aliphatic carbocycles. The van der Waals surface area contributed by atoms with E-state index < -0.39 is 8.07 Å². The molecule has 15 heavy (non-hydrogen) atoms. The lowest BCUT2D eigenvalue weighted by Crippen LogP contribution is -2.37. The average molecular weight is 218 g/mol. The predicted octanol–water partition coefficient (Wildman–Crippen LogP) is 3.89. The van der Waals surface area contributed by atoms with Gasteiger partial charge in [0.15, 0.2) is 0 Å². The molecule has 0 N–H and O–H groups in total. The molecule has 0 amide bonds. The highest BCUT2D eigenvalue weighted by Crippen LogP contribution is 2.33. The molecule has 1 heteroatoms. The Kier molecular flexibility index (Phi) is 3.01. The van der Waals surface area contributed by atoms with Crippen LogP contribution >= 0.6 is 0 Å². The van der Waals surface area contributed by atoms with Gasteiger partial charge in [-0.05, 0) is 24.3 Å². The Labute approximate surface area is 94.7 Å². The molecular formula is C14H22Si. The van der Waals surface area contributed by atoms with Crippen molar-refractivity contribution in [2.45, 2.75) is 51.2 Å². The van der Waals surface area contributed by atoms with Gasteiger partial charge in [-0.2, -0.15) is 0 Å². The first-order valence-corrected chi connectivity index (χ1v) is 9.68. The van der Waals surface area contributed by atoms with Crippen LogP contribution in [0.25, 0.3) is 0 Å². The topological polar surface area (TPSA) is 0 Å². The van der Waals surface area contributed by atoms with E-state index in [4.69, 9.17) is 0 Å². The molecule has 0 saturated heterocycles. The molecule has 0 atom stereocenters. The third kappa shape index (κ3) is 2.51. The van der Waals surface area contributed by atoms with Crippen LogP contribution in [0, 0.1) is 0 Å². The molecule has 0 unspecified atom stereocenters. The van der Waals surface area contributed by atoms with E-state index >= 15 is 0 Å². The maximum Gasteiger partial charge on any atom is 0.0775 e. The van der Waals surface area contributed by atoms with Crippen LogP contribution in [0.15, 0.2) is 24.3 Å². The highest BCUT2D eigenvalue weighted by molar-refractivity contribution is 6.88. The van der Waals surface area contributed by atoms with Crippen molar-refractivity contribution in [1.29, 1.82) is 0 Å². The third-order valence-corrected chi connectivity index (χ3v) is 5.67. The molecule has 1 aliphatic rings. The summed E-state index contributed by atoms with van der Waals surface area (Å²) >= 11 is 0. The lowest BCUT2D eigenvalue weighted by molar-refractivity contribution is 0.723. The van der Waals surface area contributed by atoms with Crippen LogP contribution in [0.4, 0.5) is 0 Å². The van der Waals surface area contributed by atoms with Gasteiger partial charge in [0.05, 0.1) is 8.07 Å². The van der Waals surface area contributed by atoms with Crippen molar-refractivity contribution < 1.29 is 0 Å². The standard InChI is InChI=1S/C14H22Si/c1-15(2,3)14-10-8-13(9-11-14)12-6-4-5-7-12/h8-12H,4-7H2,1-3H3. The SMILES string of the molecule is C[Si](C)(C)c1ccc(C2CCCC2)cc1. The molecule has 1 saturated carbocycles. The minimum atomic E-state index is -1.10. The van der Waals surface area contributed by atoms with Crippen molar-refractivity contribution >= 4 is 13.3 Å². The second-order valence-corrected chi connectivity index (χ2v) is 10.9. The molecular weight excluding hydrogens is 196 g/mol. The van der Waals surface area contributed by atoms with Crippen LogP contribution in [-0.2, 0) is 0 Å². The fourth-order valence-corrected chi connectivity index (χ4v) is 3.68. The number of hydrogen-bond donors (Lipinski definition) is 0. The lowest BCUT2D eigenvalue weighted by atomic mass is 9.98. The summed E-state index contributed by atoms with van der Waals surface area (Å²) in [5.41, 5.74) is 1.58. The van der Waals surface area contributed by atoms with Crippen LogP contribution < -0.4 is 5.19 Å². The maximum atomic E-state index is 2.41. The molecule has 0 spiro atoms. The summed E-state index contributed by atoms with van der Waals surface area (Å²) in [6.07, 6.45) is 5.68. The highest BCUT2D eigenvalue weighted by atomic mass is 28.3. The number of benzene rings is 1. The zero-order valence-corrected chi connectivity index (χ0v) is 11.2. The van der Waals surface area contributed by atoms with Gasteiger partial charge in [-0.15, -0.1) is 0 Å². The fourth-order valence-electron chi connectivity index (χ4n) is 2.51. The van der Waals surface area contributed by atoms with E-state index in [1.807, 2.05) is 0 Å². The zero-order chi connectivity index (χ0) is 10.9. The van der Waals surface area contributed by atoms with E-state index in [-0.39, 0.29) is 0 Å². The second kappa shape index (κ2) is 4.13. The van der Waals surface area contributed by atoms with Crippen molar-refractivity contribution in [2.24, 2.45) is 0 Å². The minimum Gasteiger partial charge on any atom is -0.0656 e. The van der Waals surface area contributed by atoms with Gasteiger partial charge < -0.3 is 0 Å². The van der Waals surface area contributed by atoms with Crippen LogP contribution in [0.5, 0.6) is 0 Å². The number of hydrogen-bond acceptors (Lipinski definition) is 0. The molecule has 0 aliphatic heterocycles. The van der Waals surface area contributed by atoms with E-state index in [2.05, 4.69) is 43.9 Å². The summed E-state index contributed by atoms with van der Waals surface area (Å²) in [7, 11) is -1.10. The van der Waals surface area contributed by atoms with Gasteiger partial charge in [-0.1, -0.05) is 61.9 Å². The van der Waals surface area contributed by atoms with E-state index in [0.717, 1.165) is 5.92 Å². The highest BCUT2D eigenvalue weighted by Gasteiger charge is 2.19. The molecule has 1 fully saturated rings. The van der Waals surface area contributed by atoms with Crippen LogP contribution in [0.2, 0.25) is 19.6 Å². The van der Waals surface area contributed by atoms with Crippen molar-refractivity contribution in [2.75, 3.05) is 0 Å². The van der Waals surface area contributed by atoms with Gasteiger partial charge >= 0.3 is 0 Å². The van der Waals surface area contributed by atoms with Gasteiger partial charge in [0.1, 0.15) is 0 Å². The van der Waals surface area contributed by atoms with Gasteiger partial charge in [0.2, 0.25) is 0 Å². The summed E-state index contributed by atoms with van der Waals surface area (Å²) in [5.74, 6) is 0.862. The Hall–Kier alpha value is -0.563. The third-order valence-electron chi connectivity index (χ3n) is 3.60. The Balaban J connectivity index is 2.16. The molecule has 0 radical (unpaired) electrons. The second-order valence-electron chi connectivity index (χ2n) is 5.85. The van der Waals surface area contributed by atoms with Gasteiger partial charge in [0, 0.05) is 0 Å². The molecule has 0 aromatic heterocycles. The maximum absolute atomic E-state index is 2.41. The quantitative estimate of drug-likeness (QED) is 0.661. The van der Waals surface area contributed by atoms with Crippen LogP contribution in [-0.4, -0.2) is 8.07 Å². The molecule has 82 valence electrons. The summed E-state index contributed by atoms with van der Waals surface area (Å²) in [5, 5.41) is 1.59. The fraction of sp³-hybridized carbons (Fsp3) is 0.571. The monoisotopic (exact) mass is 218 g/mol. The normalized spacial score (nSPS) is 18.3. The first kappa shape index (κ1) is 10.9. The first-order valence-electron chi connectivity index (χ1n) is 6.18. The summed E-state index contributed by atoms with van der Waals surface area (Å²) in [4.78, 5) is 0. The Morgan fingerprint density at radius 3 is 1.93 bits per heavy atom. The van der Waals surface area contributed by atoms with E-state index in [9.17, 15) is 0 Å². The summed E-state index contributed by atoms with van der Waals surface area (Å²) in [6, 6.07) is 9.51. The molecule has 0 nitrogen and oxygen atoms in total.